The van der Waals surface area contributed by atoms with Gasteiger partial charge in [-0.25, -0.2) is 0 Å². The number of nitrogens with zero attached hydrogens (tertiary/aromatic N) is 4. The highest BCUT2D eigenvalue weighted by molar-refractivity contribution is 5.85. The molecule has 1 unspecified atom stereocenters. The SMILES string of the molecule is Cl.NC(CCn1nccn1)C(=O)N1CC[C@@H]2CCCC[C@@H]2C1. The second-order valence-corrected chi connectivity index (χ2v) is 6.40. The molecule has 1 aliphatic carbocycles. The maximum absolute atomic E-state index is 12.5. The summed E-state index contributed by atoms with van der Waals surface area (Å²) in [6.45, 7) is 2.39. The van der Waals surface area contributed by atoms with Crippen LogP contribution in [0.1, 0.15) is 38.5 Å². The van der Waals surface area contributed by atoms with Gasteiger partial charge in [-0.15, -0.1) is 12.4 Å². The van der Waals surface area contributed by atoms with E-state index in [1.54, 1.807) is 17.2 Å². The molecule has 124 valence electrons. The van der Waals surface area contributed by atoms with Crippen LogP contribution in [0.2, 0.25) is 0 Å². The fraction of sp³-hybridized carbons (Fsp3) is 0.800. The Balaban J connectivity index is 0.00000176. The first kappa shape index (κ1) is 17.2. The molecule has 2 fully saturated rings. The zero-order valence-corrected chi connectivity index (χ0v) is 13.7. The van der Waals surface area contributed by atoms with E-state index in [0.717, 1.165) is 25.4 Å². The molecular weight excluding hydrogens is 302 g/mol. The number of aryl methyl sites for hydroxylation is 1. The maximum Gasteiger partial charge on any atom is 0.239 e. The van der Waals surface area contributed by atoms with E-state index in [0.29, 0.717) is 18.9 Å². The summed E-state index contributed by atoms with van der Waals surface area (Å²) >= 11 is 0. The van der Waals surface area contributed by atoms with Crippen LogP contribution in [-0.4, -0.2) is 44.9 Å². The van der Waals surface area contributed by atoms with Gasteiger partial charge < -0.3 is 10.6 Å². The van der Waals surface area contributed by atoms with Crippen LogP contribution in [0.3, 0.4) is 0 Å². The topological polar surface area (TPSA) is 77.0 Å². The third-order valence-electron chi connectivity index (χ3n) is 5.03. The van der Waals surface area contributed by atoms with E-state index in [1.807, 2.05) is 4.90 Å². The van der Waals surface area contributed by atoms with E-state index < -0.39 is 6.04 Å². The van der Waals surface area contributed by atoms with Gasteiger partial charge >= 0.3 is 0 Å². The predicted molar refractivity (Wildman–Crippen MR) is 86.5 cm³/mol. The van der Waals surface area contributed by atoms with Crippen LogP contribution in [0.4, 0.5) is 0 Å². The van der Waals surface area contributed by atoms with Crippen molar-refractivity contribution in [2.24, 2.45) is 17.6 Å². The van der Waals surface area contributed by atoms with Crippen LogP contribution < -0.4 is 5.73 Å². The lowest BCUT2D eigenvalue weighted by Crippen LogP contribution is -2.50. The van der Waals surface area contributed by atoms with Crippen molar-refractivity contribution in [3.05, 3.63) is 12.4 Å². The summed E-state index contributed by atoms with van der Waals surface area (Å²) in [5.41, 5.74) is 6.07. The van der Waals surface area contributed by atoms with Crippen LogP contribution in [0.5, 0.6) is 0 Å². The quantitative estimate of drug-likeness (QED) is 0.908. The van der Waals surface area contributed by atoms with Crippen molar-refractivity contribution in [2.75, 3.05) is 13.1 Å². The number of hydrogen-bond donors (Lipinski definition) is 1. The molecule has 2 aliphatic rings. The smallest absolute Gasteiger partial charge is 0.239 e. The first-order chi connectivity index (χ1) is 10.2. The summed E-state index contributed by atoms with van der Waals surface area (Å²) in [7, 11) is 0. The summed E-state index contributed by atoms with van der Waals surface area (Å²) < 4.78 is 0. The molecule has 0 spiro atoms. The molecule has 2 heterocycles. The highest BCUT2D eigenvalue weighted by Crippen LogP contribution is 2.36. The second-order valence-electron chi connectivity index (χ2n) is 6.40. The highest BCUT2D eigenvalue weighted by atomic mass is 35.5. The van der Waals surface area contributed by atoms with E-state index in [2.05, 4.69) is 10.2 Å². The number of aromatic nitrogens is 3. The lowest BCUT2D eigenvalue weighted by atomic mass is 9.75. The van der Waals surface area contributed by atoms with Crippen LogP contribution in [0.25, 0.3) is 0 Å². The molecule has 3 rings (SSSR count). The Hall–Kier alpha value is -1.14. The fourth-order valence-electron chi connectivity index (χ4n) is 3.77. The number of fused-ring (bicyclic) bond motifs is 1. The molecule has 1 aromatic heterocycles. The first-order valence-electron chi connectivity index (χ1n) is 8.12. The summed E-state index contributed by atoms with van der Waals surface area (Å²) in [4.78, 5) is 16.1. The number of likely N-dealkylation sites (tertiary alicyclic amines) is 1. The fourth-order valence-corrected chi connectivity index (χ4v) is 3.77. The van der Waals surface area contributed by atoms with Crippen LogP contribution >= 0.6 is 12.4 Å². The van der Waals surface area contributed by atoms with Crippen molar-refractivity contribution in [1.29, 1.82) is 0 Å². The first-order valence-corrected chi connectivity index (χ1v) is 8.12. The van der Waals surface area contributed by atoms with Crippen molar-refractivity contribution in [1.82, 2.24) is 19.9 Å². The third-order valence-corrected chi connectivity index (χ3v) is 5.03. The summed E-state index contributed by atoms with van der Waals surface area (Å²) in [5.74, 6) is 1.65. The number of nitrogens with two attached hydrogens (primary N) is 1. The second kappa shape index (κ2) is 7.92. The summed E-state index contributed by atoms with van der Waals surface area (Å²) in [6.07, 6.45) is 10.3. The number of carbonyl (C=O) groups excluding carboxylic acids is 1. The standard InChI is InChI=1S/C15H25N5O.ClH/c16-14(6-10-20-17-7-8-18-20)15(21)19-9-5-12-3-1-2-4-13(12)11-19;/h7-8,12-14H,1-6,9-11,16H2;1H/t12-,13+,14?;/m0./s1. The van der Waals surface area contributed by atoms with Crippen LogP contribution in [0.15, 0.2) is 12.4 Å². The van der Waals surface area contributed by atoms with Gasteiger partial charge in [0.25, 0.3) is 0 Å². The molecule has 1 saturated heterocycles. The predicted octanol–water partition coefficient (Wildman–Crippen LogP) is 1.46. The molecule has 1 aromatic rings. The summed E-state index contributed by atoms with van der Waals surface area (Å²) in [6, 6.07) is -0.434. The molecule has 1 aliphatic heterocycles. The van der Waals surface area contributed by atoms with Gasteiger partial charge in [0, 0.05) is 13.1 Å². The van der Waals surface area contributed by atoms with Gasteiger partial charge in [0.2, 0.25) is 5.91 Å². The van der Waals surface area contributed by atoms with Gasteiger partial charge in [-0.3, -0.25) is 4.79 Å². The van der Waals surface area contributed by atoms with Crippen molar-refractivity contribution in [3.8, 4) is 0 Å². The van der Waals surface area contributed by atoms with Gasteiger partial charge in [-0.05, 0) is 31.1 Å². The minimum atomic E-state index is -0.434. The molecule has 7 heteroatoms. The van der Waals surface area contributed by atoms with Crippen molar-refractivity contribution in [2.45, 2.75) is 51.1 Å². The lowest BCUT2D eigenvalue weighted by molar-refractivity contribution is -0.135. The molecule has 1 amide bonds. The van der Waals surface area contributed by atoms with E-state index in [9.17, 15) is 4.79 Å². The molecule has 2 N–H and O–H groups in total. The molecule has 22 heavy (non-hydrogen) atoms. The number of piperidine rings is 1. The zero-order valence-electron chi connectivity index (χ0n) is 12.9. The molecule has 1 saturated carbocycles. The zero-order chi connectivity index (χ0) is 14.7. The maximum atomic E-state index is 12.5. The van der Waals surface area contributed by atoms with E-state index in [1.165, 1.54) is 25.7 Å². The van der Waals surface area contributed by atoms with Crippen LogP contribution in [-0.2, 0) is 11.3 Å². The Kier molecular flexibility index (Phi) is 6.20. The summed E-state index contributed by atoms with van der Waals surface area (Å²) in [5, 5.41) is 8.08. The normalized spacial score (nSPS) is 26.0. The largest absolute Gasteiger partial charge is 0.341 e. The average molecular weight is 328 g/mol. The van der Waals surface area contributed by atoms with E-state index in [4.69, 9.17) is 5.73 Å². The molecule has 0 radical (unpaired) electrons. The van der Waals surface area contributed by atoms with Crippen LogP contribution in [0, 0.1) is 11.8 Å². The van der Waals surface area contributed by atoms with Crippen molar-refractivity contribution in [3.63, 3.8) is 0 Å². The molecule has 3 atom stereocenters. The monoisotopic (exact) mass is 327 g/mol. The Bertz CT molecular complexity index is 467. The van der Waals surface area contributed by atoms with Crippen molar-refractivity contribution >= 4 is 18.3 Å². The Morgan fingerprint density at radius 2 is 1.86 bits per heavy atom. The van der Waals surface area contributed by atoms with Gasteiger partial charge in [0.15, 0.2) is 0 Å². The Morgan fingerprint density at radius 1 is 1.18 bits per heavy atom. The van der Waals surface area contributed by atoms with E-state index in [-0.39, 0.29) is 18.3 Å². The number of halogens is 1. The molecule has 6 nitrogen and oxygen atoms in total. The Morgan fingerprint density at radius 3 is 2.59 bits per heavy atom. The minimum Gasteiger partial charge on any atom is -0.341 e. The van der Waals surface area contributed by atoms with Gasteiger partial charge in [-0.1, -0.05) is 19.3 Å². The molecule has 0 aromatic carbocycles. The third kappa shape index (κ3) is 3.98. The lowest BCUT2D eigenvalue weighted by Gasteiger charge is -2.42. The van der Waals surface area contributed by atoms with Crippen molar-refractivity contribution < 1.29 is 4.79 Å². The minimum absolute atomic E-state index is 0. The van der Waals surface area contributed by atoms with Gasteiger partial charge in [0.05, 0.1) is 25.0 Å². The highest BCUT2D eigenvalue weighted by Gasteiger charge is 2.34. The van der Waals surface area contributed by atoms with Gasteiger partial charge in [-0.2, -0.15) is 15.0 Å². The number of hydrogen-bond acceptors (Lipinski definition) is 4. The Labute approximate surface area is 137 Å². The number of rotatable bonds is 4. The molecular formula is C15H26ClN5O. The number of amides is 1. The number of carbonyl (C=O) groups is 1. The van der Waals surface area contributed by atoms with Gasteiger partial charge in [0.1, 0.15) is 0 Å². The average Bonchev–Trinajstić information content (AvgIpc) is 3.05. The van der Waals surface area contributed by atoms with E-state index >= 15 is 0 Å². The molecule has 0 bridgehead atoms.